The van der Waals surface area contributed by atoms with Gasteiger partial charge in [0.05, 0.1) is 5.92 Å². The molecule has 1 fully saturated rings. The minimum absolute atomic E-state index is 0.0926. The number of piperidine rings is 1. The van der Waals surface area contributed by atoms with Crippen LogP contribution < -0.4 is 0 Å². The van der Waals surface area contributed by atoms with Crippen molar-refractivity contribution in [2.24, 2.45) is 5.92 Å². The minimum atomic E-state index is -0.384. The Hall–Kier alpha value is -3.55. The fraction of sp³-hybridized carbons (Fsp3) is 0.360. The second-order valence-electron chi connectivity index (χ2n) is 8.47. The molecule has 0 saturated carbocycles. The first-order valence-electron chi connectivity index (χ1n) is 11.0. The first-order chi connectivity index (χ1) is 15.9. The third kappa shape index (κ3) is 5.45. The van der Waals surface area contributed by atoms with Gasteiger partial charge in [0.2, 0.25) is 5.82 Å². The van der Waals surface area contributed by atoms with Crippen molar-refractivity contribution < 1.29 is 23.2 Å². The molecule has 1 saturated heterocycles. The maximum Gasteiger partial charge on any atom is 0.309 e. The van der Waals surface area contributed by atoms with E-state index in [0.717, 1.165) is 5.56 Å². The topological polar surface area (TPSA) is 85.5 Å². The summed E-state index contributed by atoms with van der Waals surface area (Å²) in [6.45, 7) is 5.04. The Kier molecular flexibility index (Phi) is 6.82. The number of halogens is 1. The van der Waals surface area contributed by atoms with Gasteiger partial charge in [-0.15, -0.1) is 0 Å². The third-order valence-electron chi connectivity index (χ3n) is 5.85. The van der Waals surface area contributed by atoms with Crippen LogP contribution in [0.3, 0.4) is 0 Å². The Bertz CT molecular complexity index is 1100. The van der Waals surface area contributed by atoms with E-state index in [1.54, 1.807) is 4.90 Å². The second kappa shape index (κ2) is 9.94. The molecule has 172 valence electrons. The Morgan fingerprint density at radius 2 is 1.76 bits per heavy atom. The maximum atomic E-state index is 13.1. The molecule has 3 aromatic rings. The van der Waals surface area contributed by atoms with Crippen LogP contribution in [0.15, 0.2) is 53.1 Å². The van der Waals surface area contributed by atoms with Crippen LogP contribution in [-0.2, 0) is 16.1 Å². The first-order valence-corrected chi connectivity index (χ1v) is 11.0. The molecule has 1 aliphatic heterocycles. The van der Waals surface area contributed by atoms with E-state index in [4.69, 9.17) is 9.26 Å². The SMILES string of the molecule is CC(C)c1ccc(-c2noc(COC(=O)C3CCN(C(=O)c4ccc(F)cc4)CC3)n2)cc1. The molecule has 0 N–H and O–H groups in total. The summed E-state index contributed by atoms with van der Waals surface area (Å²) in [5.74, 6) is -0.0726. The van der Waals surface area contributed by atoms with E-state index in [1.807, 2.05) is 24.3 Å². The second-order valence-corrected chi connectivity index (χ2v) is 8.47. The van der Waals surface area contributed by atoms with E-state index >= 15 is 0 Å². The van der Waals surface area contributed by atoms with Crippen molar-refractivity contribution in [3.8, 4) is 11.4 Å². The van der Waals surface area contributed by atoms with Crippen molar-refractivity contribution >= 4 is 11.9 Å². The zero-order valence-electron chi connectivity index (χ0n) is 18.7. The summed E-state index contributed by atoms with van der Waals surface area (Å²) in [7, 11) is 0. The molecule has 1 aliphatic rings. The molecule has 0 aliphatic carbocycles. The molecule has 0 unspecified atom stereocenters. The number of amides is 1. The van der Waals surface area contributed by atoms with Crippen LogP contribution in [-0.4, -0.2) is 40.0 Å². The lowest BCUT2D eigenvalue weighted by atomic mass is 9.96. The summed E-state index contributed by atoms with van der Waals surface area (Å²) in [5, 5.41) is 3.97. The monoisotopic (exact) mass is 451 g/mol. The average molecular weight is 451 g/mol. The zero-order chi connectivity index (χ0) is 23.4. The van der Waals surface area contributed by atoms with Crippen LogP contribution in [0.5, 0.6) is 0 Å². The number of nitrogens with zero attached hydrogens (tertiary/aromatic N) is 3. The van der Waals surface area contributed by atoms with Gasteiger partial charge in [0, 0.05) is 24.2 Å². The summed E-state index contributed by atoms with van der Waals surface area (Å²) < 4.78 is 23.7. The highest BCUT2D eigenvalue weighted by atomic mass is 19.1. The van der Waals surface area contributed by atoms with Crippen molar-refractivity contribution in [3.05, 3.63) is 71.4 Å². The lowest BCUT2D eigenvalue weighted by Crippen LogP contribution is -2.40. The zero-order valence-corrected chi connectivity index (χ0v) is 18.7. The van der Waals surface area contributed by atoms with Crippen molar-refractivity contribution in [2.45, 2.75) is 39.2 Å². The Labute approximate surface area is 191 Å². The molecule has 8 heteroatoms. The molecular formula is C25H26FN3O4. The summed E-state index contributed by atoms with van der Waals surface area (Å²) in [6, 6.07) is 13.4. The number of benzene rings is 2. The lowest BCUT2D eigenvalue weighted by Gasteiger charge is -2.30. The van der Waals surface area contributed by atoms with Gasteiger partial charge in [-0.1, -0.05) is 43.3 Å². The van der Waals surface area contributed by atoms with Gasteiger partial charge in [-0.2, -0.15) is 4.98 Å². The van der Waals surface area contributed by atoms with Crippen LogP contribution in [0.1, 0.15) is 54.4 Å². The molecule has 1 aromatic heterocycles. The number of hydrogen-bond donors (Lipinski definition) is 0. The standard InChI is InChI=1S/C25H26FN3O4/c1-16(2)17-3-5-18(6-4-17)23-27-22(33-28-23)15-32-25(31)20-11-13-29(14-12-20)24(30)19-7-9-21(26)10-8-19/h3-10,16,20H,11-15H2,1-2H3. The van der Waals surface area contributed by atoms with Gasteiger partial charge in [0.25, 0.3) is 11.8 Å². The number of ether oxygens (including phenoxy) is 1. The summed E-state index contributed by atoms with van der Waals surface area (Å²) in [5.41, 5.74) is 2.49. The van der Waals surface area contributed by atoms with Crippen molar-refractivity contribution in [2.75, 3.05) is 13.1 Å². The number of carbonyl (C=O) groups excluding carboxylic acids is 2. The minimum Gasteiger partial charge on any atom is -0.455 e. The normalized spacial score (nSPS) is 14.5. The molecule has 0 bridgehead atoms. The van der Waals surface area contributed by atoms with E-state index in [-0.39, 0.29) is 36.1 Å². The Morgan fingerprint density at radius 3 is 2.39 bits per heavy atom. The van der Waals surface area contributed by atoms with Crippen molar-refractivity contribution in [1.29, 1.82) is 0 Å². The highest BCUT2D eigenvalue weighted by Crippen LogP contribution is 2.23. The molecule has 0 spiro atoms. The fourth-order valence-electron chi connectivity index (χ4n) is 3.79. The van der Waals surface area contributed by atoms with Gasteiger partial charge < -0.3 is 14.2 Å². The number of aromatic nitrogens is 2. The van der Waals surface area contributed by atoms with E-state index in [1.165, 1.54) is 29.8 Å². The molecule has 33 heavy (non-hydrogen) atoms. The quantitative estimate of drug-likeness (QED) is 0.510. The number of likely N-dealkylation sites (tertiary alicyclic amines) is 1. The Balaban J connectivity index is 1.26. The predicted octanol–water partition coefficient (Wildman–Crippen LogP) is 4.59. The van der Waals surface area contributed by atoms with E-state index in [9.17, 15) is 14.0 Å². The first kappa shape index (κ1) is 22.6. The number of hydrogen-bond acceptors (Lipinski definition) is 6. The molecule has 0 radical (unpaired) electrons. The van der Waals surface area contributed by atoms with Crippen LogP contribution in [0.4, 0.5) is 4.39 Å². The van der Waals surface area contributed by atoms with E-state index in [2.05, 4.69) is 24.0 Å². The third-order valence-corrected chi connectivity index (χ3v) is 5.85. The predicted molar refractivity (Wildman–Crippen MR) is 119 cm³/mol. The maximum absolute atomic E-state index is 13.1. The molecular weight excluding hydrogens is 425 g/mol. The average Bonchev–Trinajstić information content (AvgIpc) is 3.32. The number of rotatable bonds is 6. The molecule has 0 atom stereocenters. The molecule has 1 amide bonds. The van der Waals surface area contributed by atoms with Crippen LogP contribution in [0.2, 0.25) is 0 Å². The van der Waals surface area contributed by atoms with Gasteiger partial charge in [-0.05, 0) is 48.6 Å². The lowest BCUT2D eigenvalue weighted by molar-refractivity contribution is -0.152. The van der Waals surface area contributed by atoms with Gasteiger partial charge in [0.1, 0.15) is 5.82 Å². The number of carbonyl (C=O) groups is 2. The molecule has 7 nitrogen and oxygen atoms in total. The summed E-state index contributed by atoms with van der Waals surface area (Å²) in [4.78, 5) is 31.0. The van der Waals surface area contributed by atoms with Crippen molar-refractivity contribution in [3.63, 3.8) is 0 Å². The van der Waals surface area contributed by atoms with Crippen LogP contribution in [0, 0.1) is 11.7 Å². The van der Waals surface area contributed by atoms with E-state index in [0.29, 0.717) is 43.2 Å². The molecule has 2 aromatic carbocycles. The van der Waals surface area contributed by atoms with Crippen molar-refractivity contribution in [1.82, 2.24) is 15.0 Å². The van der Waals surface area contributed by atoms with Gasteiger partial charge in [-0.3, -0.25) is 9.59 Å². The number of esters is 1. The fourth-order valence-corrected chi connectivity index (χ4v) is 3.79. The van der Waals surface area contributed by atoms with E-state index < -0.39 is 0 Å². The van der Waals surface area contributed by atoms with Crippen LogP contribution in [0.25, 0.3) is 11.4 Å². The molecule has 4 rings (SSSR count). The summed E-state index contributed by atoms with van der Waals surface area (Å²) in [6.07, 6.45) is 1.01. The van der Waals surface area contributed by atoms with Gasteiger partial charge in [-0.25, -0.2) is 4.39 Å². The summed E-state index contributed by atoms with van der Waals surface area (Å²) >= 11 is 0. The van der Waals surface area contributed by atoms with Crippen LogP contribution >= 0.6 is 0 Å². The van der Waals surface area contributed by atoms with Gasteiger partial charge in [0.15, 0.2) is 6.61 Å². The highest BCUT2D eigenvalue weighted by molar-refractivity contribution is 5.94. The Morgan fingerprint density at radius 1 is 1.09 bits per heavy atom. The van der Waals surface area contributed by atoms with Gasteiger partial charge >= 0.3 is 5.97 Å². The highest BCUT2D eigenvalue weighted by Gasteiger charge is 2.29. The molecule has 2 heterocycles. The largest absolute Gasteiger partial charge is 0.455 e. The smallest absolute Gasteiger partial charge is 0.309 e.